The number of allylic oxidation sites excluding steroid dienone is 1. The standard InChI is InChI=1S/C23H22Cl4N4OS/c1-4-9-31-21(29-30-23(31)33-12-14-5-8-17(25)19(27)10-14)20(13(2)3)28-22(32)16-7-6-15(24)11-18(16)26/h4-8,10-11,13,20H,1,9,12H2,2-3H3,(H,28,32)/t20-/m1/s1. The Morgan fingerprint density at radius 3 is 2.48 bits per heavy atom. The van der Waals surface area contributed by atoms with Gasteiger partial charge in [-0.15, -0.1) is 16.8 Å². The van der Waals surface area contributed by atoms with Gasteiger partial charge in [0, 0.05) is 17.3 Å². The van der Waals surface area contributed by atoms with Crippen molar-refractivity contribution in [3.05, 3.63) is 86.1 Å². The summed E-state index contributed by atoms with van der Waals surface area (Å²) in [5.41, 5.74) is 1.35. The summed E-state index contributed by atoms with van der Waals surface area (Å²) in [4.78, 5) is 13.0. The van der Waals surface area contributed by atoms with Crippen LogP contribution in [-0.2, 0) is 12.3 Å². The number of carbonyl (C=O) groups is 1. The van der Waals surface area contributed by atoms with E-state index in [2.05, 4.69) is 22.1 Å². The lowest BCUT2D eigenvalue weighted by molar-refractivity contribution is 0.0922. The fraction of sp³-hybridized carbons (Fsp3) is 0.261. The SMILES string of the molecule is C=CCn1c(SCc2ccc(Cl)c(Cl)c2)nnc1[C@H](NC(=O)c1ccc(Cl)cc1Cl)C(C)C. The second kappa shape index (κ2) is 11.6. The average Bonchev–Trinajstić information content (AvgIpc) is 3.15. The lowest BCUT2D eigenvalue weighted by Crippen LogP contribution is -2.34. The highest BCUT2D eigenvalue weighted by atomic mass is 35.5. The molecule has 174 valence electrons. The van der Waals surface area contributed by atoms with Crippen LogP contribution in [-0.4, -0.2) is 20.7 Å². The maximum Gasteiger partial charge on any atom is 0.253 e. The van der Waals surface area contributed by atoms with Gasteiger partial charge in [-0.1, -0.05) is 84.2 Å². The molecule has 3 aromatic rings. The molecule has 0 bridgehead atoms. The Labute approximate surface area is 217 Å². The van der Waals surface area contributed by atoms with E-state index in [-0.39, 0.29) is 16.8 Å². The van der Waals surface area contributed by atoms with Crippen LogP contribution < -0.4 is 5.32 Å². The Morgan fingerprint density at radius 2 is 1.85 bits per heavy atom. The van der Waals surface area contributed by atoms with Crippen LogP contribution in [0.5, 0.6) is 0 Å². The summed E-state index contributed by atoms with van der Waals surface area (Å²) in [5, 5.41) is 14.3. The van der Waals surface area contributed by atoms with Crippen molar-refractivity contribution in [1.82, 2.24) is 20.1 Å². The molecule has 5 nitrogen and oxygen atoms in total. The van der Waals surface area contributed by atoms with Crippen LogP contribution in [0.1, 0.15) is 41.6 Å². The lowest BCUT2D eigenvalue weighted by atomic mass is 10.0. The van der Waals surface area contributed by atoms with Gasteiger partial charge in [0.1, 0.15) is 0 Å². The van der Waals surface area contributed by atoms with Crippen molar-refractivity contribution in [2.75, 3.05) is 0 Å². The molecule has 0 aliphatic rings. The first-order chi connectivity index (χ1) is 15.7. The van der Waals surface area contributed by atoms with E-state index in [1.54, 1.807) is 30.3 Å². The summed E-state index contributed by atoms with van der Waals surface area (Å²) < 4.78 is 1.95. The number of nitrogens with one attached hydrogen (secondary N) is 1. The molecule has 0 aliphatic carbocycles. The molecule has 1 aromatic heterocycles. The number of nitrogens with zero attached hydrogens (tertiary/aromatic N) is 3. The highest BCUT2D eigenvalue weighted by Crippen LogP contribution is 2.30. The van der Waals surface area contributed by atoms with Crippen molar-refractivity contribution in [1.29, 1.82) is 0 Å². The highest BCUT2D eigenvalue weighted by Gasteiger charge is 2.27. The fourth-order valence-electron chi connectivity index (χ4n) is 3.14. The van der Waals surface area contributed by atoms with Crippen molar-refractivity contribution in [2.45, 2.75) is 37.3 Å². The molecular weight excluding hydrogens is 522 g/mol. The Hall–Kier alpha value is -1.70. The maximum absolute atomic E-state index is 13.0. The minimum Gasteiger partial charge on any atom is -0.342 e. The molecule has 1 heterocycles. The second-order valence-corrected chi connectivity index (χ2v) is 10.2. The molecule has 0 spiro atoms. The van der Waals surface area contributed by atoms with Crippen molar-refractivity contribution in [2.24, 2.45) is 5.92 Å². The number of thioether (sulfide) groups is 1. The van der Waals surface area contributed by atoms with Crippen molar-refractivity contribution in [3.63, 3.8) is 0 Å². The Morgan fingerprint density at radius 1 is 1.09 bits per heavy atom. The van der Waals surface area contributed by atoms with Gasteiger partial charge in [0.25, 0.3) is 5.91 Å². The third-order valence-corrected chi connectivity index (χ3v) is 7.14. The molecule has 0 aliphatic heterocycles. The largest absolute Gasteiger partial charge is 0.342 e. The minimum atomic E-state index is -0.393. The lowest BCUT2D eigenvalue weighted by Gasteiger charge is -2.23. The van der Waals surface area contributed by atoms with Gasteiger partial charge in [0.05, 0.1) is 26.7 Å². The van der Waals surface area contributed by atoms with Crippen LogP contribution in [0.25, 0.3) is 0 Å². The van der Waals surface area contributed by atoms with Crippen LogP contribution >= 0.6 is 58.2 Å². The molecule has 10 heteroatoms. The van der Waals surface area contributed by atoms with E-state index >= 15 is 0 Å². The number of amides is 1. The number of hydrogen-bond donors (Lipinski definition) is 1. The molecule has 0 saturated heterocycles. The third kappa shape index (κ3) is 6.46. The summed E-state index contributed by atoms with van der Waals surface area (Å²) in [6, 6.07) is 9.90. The van der Waals surface area contributed by atoms with Gasteiger partial charge >= 0.3 is 0 Å². The fourth-order valence-corrected chi connectivity index (χ4v) is 4.85. The van der Waals surface area contributed by atoms with Crippen LogP contribution in [0, 0.1) is 5.92 Å². The van der Waals surface area contributed by atoms with E-state index in [1.807, 2.05) is 30.5 Å². The summed E-state index contributed by atoms with van der Waals surface area (Å²) in [6.07, 6.45) is 1.77. The topological polar surface area (TPSA) is 59.8 Å². The summed E-state index contributed by atoms with van der Waals surface area (Å²) in [5.74, 6) is 1.000. The molecule has 3 rings (SSSR count). The van der Waals surface area contributed by atoms with Gasteiger partial charge in [-0.2, -0.15) is 0 Å². The maximum atomic E-state index is 13.0. The number of hydrogen-bond acceptors (Lipinski definition) is 4. The van der Waals surface area contributed by atoms with E-state index < -0.39 is 6.04 Å². The number of rotatable bonds is 9. The van der Waals surface area contributed by atoms with Crippen LogP contribution in [0.4, 0.5) is 0 Å². The summed E-state index contributed by atoms with van der Waals surface area (Å²) >= 11 is 25.8. The Kier molecular flexibility index (Phi) is 9.13. The van der Waals surface area contributed by atoms with Crippen molar-refractivity contribution >= 4 is 64.1 Å². The molecule has 1 atom stereocenters. The van der Waals surface area contributed by atoms with Gasteiger partial charge in [-0.05, 0) is 41.8 Å². The second-order valence-electron chi connectivity index (χ2n) is 7.60. The third-order valence-electron chi connectivity index (χ3n) is 4.82. The smallest absolute Gasteiger partial charge is 0.253 e. The van der Waals surface area contributed by atoms with Crippen LogP contribution in [0.2, 0.25) is 20.1 Å². The zero-order chi connectivity index (χ0) is 24.1. The van der Waals surface area contributed by atoms with Crippen molar-refractivity contribution < 1.29 is 4.79 Å². The van der Waals surface area contributed by atoms with E-state index in [0.29, 0.717) is 43.9 Å². The molecule has 0 radical (unpaired) electrons. The van der Waals surface area contributed by atoms with E-state index in [9.17, 15) is 4.79 Å². The van der Waals surface area contributed by atoms with Gasteiger partial charge in [0.2, 0.25) is 0 Å². The Bertz CT molecular complexity index is 1170. The minimum absolute atomic E-state index is 0.0423. The molecule has 1 amide bonds. The molecular formula is C23H22Cl4N4OS. The first-order valence-corrected chi connectivity index (χ1v) is 12.6. The van der Waals surface area contributed by atoms with E-state index in [4.69, 9.17) is 46.4 Å². The monoisotopic (exact) mass is 542 g/mol. The number of halogens is 4. The normalized spacial score (nSPS) is 12.1. The number of aromatic nitrogens is 3. The molecule has 33 heavy (non-hydrogen) atoms. The molecule has 0 saturated carbocycles. The highest BCUT2D eigenvalue weighted by molar-refractivity contribution is 7.98. The zero-order valence-electron chi connectivity index (χ0n) is 18.0. The first-order valence-electron chi connectivity index (χ1n) is 10.1. The van der Waals surface area contributed by atoms with E-state index in [0.717, 1.165) is 5.56 Å². The summed E-state index contributed by atoms with van der Waals surface area (Å²) in [7, 11) is 0. The molecule has 0 unspecified atom stereocenters. The number of carbonyl (C=O) groups excluding carboxylic acids is 1. The average molecular weight is 544 g/mol. The van der Waals surface area contributed by atoms with Gasteiger partial charge in [-0.25, -0.2) is 0 Å². The predicted molar refractivity (Wildman–Crippen MR) is 138 cm³/mol. The summed E-state index contributed by atoms with van der Waals surface area (Å²) in [6.45, 7) is 8.36. The van der Waals surface area contributed by atoms with Crippen LogP contribution in [0.3, 0.4) is 0 Å². The quantitative estimate of drug-likeness (QED) is 0.224. The molecule has 0 fully saturated rings. The van der Waals surface area contributed by atoms with Gasteiger partial charge < -0.3 is 9.88 Å². The Balaban J connectivity index is 1.85. The first kappa shape index (κ1) is 25.9. The predicted octanol–water partition coefficient (Wildman–Crippen LogP) is 7.50. The van der Waals surface area contributed by atoms with E-state index in [1.165, 1.54) is 11.8 Å². The van der Waals surface area contributed by atoms with Crippen LogP contribution in [0.15, 0.2) is 54.2 Å². The molecule has 2 aromatic carbocycles. The van der Waals surface area contributed by atoms with Gasteiger partial charge in [0.15, 0.2) is 11.0 Å². The number of benzene rings is 2. The molecule has 1 N–H and O–H groups in total. The van der Waals surface area contributed by atoms with Gasteiger partial charge in [-0.3, -0.25) is 4.79 Å². The zero-order valence-corrected chi connectivity index (χ0v) is 21.8. The van der Waals surface area contributed by atoms with Crippen molar-refractivity contribution in [3.8, 4) is 0 Å².